The molecule has 0 saturated heterocycles. The van der Waals surface area contributed by atoms with Crippen molar-refractivity contribution in [3.05, 3.63) is 34.2 Å². The second kappa shape index (κ2) is 4.47. The third-order valence-electron chi connectivity index (χ3n) is 2.14. The van der Waals surface area contributed by atoms with Crippen molar-refractivity contribution in [3.8, 4) is 5.75 Å². The normalized spacial score (nSPS) is 17.4. The first-order chi connectivity index (χ1) is 7.69. The van der Waals surface area contributed by atoms with Gasteiger partial charge in [-0.25, -0.2) is 0 Å². The molecule has 5 nitrogen and oxygen atoms in total. The maximum atomic E-state index is 10.8. The van der Waals surface area contributed by atoms with Crippen LogP contribution in [0.4, 0.5) is 0 Å². The van der Waals surface area contributed by atoms with Crippen molar-refractivity contribution in [1.29, 1.82) is 0 Å². The topological polar surface area (TPSA) is 75.1 Å². The Balaban J connectivity index is 2.20. The highest BCUT2D eigenvalue weighted by Crippen LogP contribution is 2.39. The van der Waals surface area contributed by atoms with Crippen molar-refractivity contribution < 1.29 is 9.53 Å². The Morgan fingerprint density at radius 1 is 1.69 bits per heavy atom. The Bertz CT molecular complexity index is 483. The Kier molecular flexibility index (Phi) is 3.03. The van der Waals surface area contributed by atoms with Crippen LogP contribution in [0.1, 0.15) is 12.5 Å². The number of esters is 1. The molecule has 1 heterocycles. The number of carbonyl (C=O) groups is 1. The molecule has 0 radical (unpaired) electrons. The maximum Gasteiger partial charge on any atom is 0.308 e. The SMILES string of the molecule is CC(=O)Oc1ccc2c(c1)SC(N=[N+]=[N-])C2. The molecular weight excluding hydrogens is 226 g/mol. The minimum absolute atomic E-state index is 0.0902. The zero-order chi connectivity index (χ0) is 11.5. The van der Waals surface area contributed by atoms with Crippen LogP contribution in [0.15, 0.2) is 28.2 Å². The Morgan fingerprint density at radius 3 is 3.19 bits per heavy atom. The molecule has 1 atom stereocenters. The summed E-state index contributed by atoms with van der Waals surface area (Å²) < 4.78 is 4.98. The summed E-state index contributed by atoms with van der Waals surface area (Å²) in [4.78, 5) is 14.6. The summed E-state index contributed by atoms with van der Waals surface area (Å²) in [5, 5.41) is 3.57. The zero-order valence-electron chi connectivity index (χ0n) is 8.58. The number of azide groups is 1. The van der Waals surface area contributed by atoms with Gasteiger partial charge in [0.2, 0.25) is 0 Å². The van der Waals surface area contributed by atoms with E-state index in [2.05, 4.69) is 10.0 Å². The fourth-order valence-electron chi connectivity index (χ4n) is 1.54. The van der Waals surface area contributed by atoms with Crippen molar-refractivity contribution >= 4 is 17.7 Å². The van der Waals surface area contributed by atoms with Gasteiger partial charge in [0, 0.05) is 16.7 Å². The molecule has 0 N–H and O–H groups in total. The Morgan fingerprint density at radius 2 is 2.50 bits per heavy atom. The lowest BCUT2D eigenvalue weighted by Crippen LogP contribution is -2.01. The summed E-state index contributed by atoms with van der Waals surface area (Å²) in [6, 6.07) is 5.45. The van der Waals surface area contributed by atoms with Crippen molar-refractivity contribution in [2.75, 3.05) is 0 Å². The van der Waals surface area contributed by atoms with Gasteiger partial charge >= 0.3 is 5.97 Å². The first-order valence-corrected chi connectivity index (χ1v) is 5.59. The van der Waals surface area contributed by atoms with E-state index < -0.39 is 0 Å². The molecule has 2 rings (SSSR count). The standard InChI is InChI=1S/C10H9N3O2S/c1-6(14)15-8-3-2-7-4-10(12-13-11)16-9(7)5-8/h2-3,5,10H,4H2,1H3. The van der Waals surface area contributed by atoms with Crippen molar-refractivity contribution in [2.24, 2.45) is 5.11 Å². The van der Waals surface area contributed by atoms with Gasteiger partial charge < -0.3 is 4.74 Å². The second-order valence-corrected chi connectivity index (χ2v) is 4.56. The number of fused-ring (bicyclic) bond motifs is 1. The Hall–Kier alpha value is -1.65. The van der Waals surface area contributed by atoms with Gasteiger partial charge in [-0.2, -0.15) is 0 Å². The largest absolute Gasteiger partial charge is 0.427 e. The molecule has 1 aromatic rings. The van der Waals surface area contributed by atoms with Crippen LogP contribution in [-0.2, 0) is 11.2 Å². The third kappa shape index (κ3) is 2.29. The van der Waals surface area contributed by atoms with Crippen molar-refractivity contribution in [2.45, 2.75) is 23.6 Å². The van der Waals surface area contributed by atoms with Crippen LogP contribution in [-0.4, -0.2) is 11.3 Å². The summed E-state index contributed by atoms with van der Waals surface area (Å²) in [6.07, 6.45) is 0.727. The van der Waals surface area contributed by atoms with Crippen LogP contribution in [0.3, 0.4) is 0 Å². The van der Waals surface area contributed by atoms with E-state index in [-0.39, 0.29) is 11.3 Å². The predicted molar refractivity (Wildman–Crippen MR) is 60.2 cm³/mol. The summed E-state index contributed by atoms with van der Waals surface area (Å²) in [6.45, 7) is 1.36. The fourth-order valence-corrected chi connectivity index (χ4v) is 2.67. The van der Waals surface area contributed by atoms with Crippen LogP contribution in [0.5, 0.6) is 5.75 Å². The molecule has 0 aromatic heterocycles. The highest BCUT2D eigenvalue weighted by atomic mass is 32.2. The van der Waals surface area contributed by atoms with Gasteiger partial charge in [0.15, 0.2) is 0 Å². The molecule has 0 bridgehead atoms. The van der Waals surface area contributed by atoms with E-state index >= 15 is 0 Å². The third-order valence-corrected chi connectivity index (χ3v) is 3.31. The molecule has 1 unspecified atom stereocenters. The number of benzene rings is 1. The number of hydrogen-bond donors (Lipinski definition) is 0. The van der Waals surface area contributed by atoms with E-state index in [4.69, 9.17) is 10.3 Å². The molecule has 0 aliphatic carbocycles. The predicted octanol–water partition coefficient (Wildman–Crippen LogP) is 2.90. The molecule has 0 fully saturated rings. The molecule has 1 aliphatic rings. The Labute approximate surface area is 96.4 Å². The zero-order valence-corrected chi connectivity index (χ0v) is 9.40. The molecule has 0 spiro atoms. The van der Waals surface area contributed by atoms with Crippen LogP contribution >= 0.6 is 11.8 Å². The molecular formula is C10H9N3O2S. The van der Waals surface area contributed by atoms with Gasteiger partial charge in [0.1, 0.15) is 5.75 Å². The van der Waals surface area contributed by atoms with Gasteiger partial charge in [-0.3, -0.25) is 4.79 Å². The summed E-state index contributed by atoms with van der Waals surface area (Å²) in [7, 11) is 0. The first kappa shape index (κ1) is 10.9. The lowest BCUT2D eigenvalue weighted by Gasteiger charge is -2.03. The number of carbonyl (C=O) groups excluding carboxylic acids is 1. The number of rotatable bonds is 2. The monoisotopic (exact) mass is 235 g/mol. The molecule has 0 amide bonds. The minimum Gasteiger partial charge on any atom is -0.427 e. The molecule has 0 saturated carbocycles. The van der Waals surface area contributed by atoms with Crippen LogP contribution in [0.25, 0.3) is 10.4 Å². The quantitative estimate of drug-likeness (QED) is 0.260. The number of hydrogen-bond acceptors (Lipinski definition) is 4. The van der Waals surface area contributed by atoms with Gasteiger partial charge in [-0.15, -0.1) is 11.8 Å². The van der Waals surface area contributed by atoms with Crippen LogP contribution in [0, 0.1) is 0 Å². The lowest BCUT2D eigenvalue weighted by atomic mass is 10.1. The number of thioether (sulfide) groups is 1. The van der Waals surface area contributed by atoms with E-state index in [1.165, 1.54) is 18.7 Å². The molecule has 6 heteroatoms. The van der Waals surface area contributed by atoms with Gasteiger partial charge in [-0.1, -0.05) is 11.2 Å². The maximum absolute atomic E-state index is 10.8. The molecule has 1 aliphatic heterocycles. The highest BCUT2D eigenvalue weighted by molar-refractivity contribution is 8.00. The fraction of sp³-hybridized carbons (Fsp3) is 0.300. The molecule has 82 valence electrons. The van der Waals surface area contributed by atoms with Crippen LogP contribution in [0.2, 0.25) is 0 Å². The summed E-state index contributed by atoms with van der Waals surface area (Å²) in [5.41, 5.74) is 9.48. The molecule has 1 aromatic carbocycles. The highest BCUT2D eigenvalue weighted by Gasteiger charge is 2.21. The number of ether oxygens (including phenoxy) is 1. The van der Waals surface area contributed by atoms with E-state index in [0.29, 0.717) is 5.75 Å². The van der Waals surface area contributed by atoms with Gasteiger partial charge in [0.05, 0.1) is 5.37 Å². The van der Waals surface area contributed by atoms with Crippen molar-refractivity contribution in [1.82, 2.24) is 0 Å². The number of nitrogens with zero attached hydrogens (tertiary/aromatic N) is 3. The smallest absolute Gasteiger partial charge is 0.308 e. The van der Waals surface area contributed by atoms with Crippen LogP contribution < -0.4 is 4.74 Å². The first-order valence-electron chi connectivity index (χ1n) is 4.71. The average Bonchev–Trinajstić information content (AvgIpc) is 2.59. The van der Waals surface area contributed by atoms with E-state index in [9.17, 15) is 4.79 Å². The second-order valence-electron chi connectivity index (χ2n) is 3.34. The van der Waals surface area contributed by atoms with E-state index in [1.807, 2.05) is 6.07 Å². The van der Waals surface area contributed by atoms with Gasteiger partial charge in [0.25, 0.3) is 0 Å². The minimum atomic E-state index is -0.338. The van der Waals surface area contributed by atoms with Crippen molar-refractivity contribution in [3.63, 3.8) is 0 Å². The average molecular weight is 235 g/mol. The lowest BCUT2D eigenvalue weighted by molar-refractivity contribution is -0.131. The van der Waals surface area contributed by atoms with E-state index in [0.717, 1.165) is 16.9 Å². The van der Waals surface area contributed by atoms with E-state index in [1.54, 1.807) is 12.1 Å². The van der Waals surface area contributed by atoms with Gasteiger partial charge in [-0.05, 0) is 29.6 Å². The summed E-state index contributed by atoms with van der Waals surface area (Å²) >= 11 is 1.49. The molecule has 16 heavy (non-hydrogen) atoms. The summed E-state index contributed by atoms with van der Waals surface area (Å²) in [5.74, 6) is 0.190.